The average Bonchev–Trinajstić information content (AvgIpc) is 3.24. The first kappa shape index (κ1) is 26.8. The number of ether oxygens (including phenoxy) is 1. The third-order valence-corrected chi connectivity index (χ3v) is 6.04. The number of benzene rings is 2. The van der Waals surface area contributed by atoms with Crippen LogP contribution in [0.4, 0.5) is 0 Å². The number of carboxylic acid groups (broad SMARTS) is 2. The van der Waals surface area contributed by atoms with Gasteiger partial charge in [-0.05, 0) is 73.9 Å². The monoisotopic (exact) mass is 522 g/mol. The number of carbonyl (C=O) groups excluding carboxylic acids is 1. The topological polar surface area (TPSA) is 118 Å². The van der Waals surface area contributed by atoms with Crippen LogP contribution in [-0.4, -0.2) is 37.3 Å². The number of para-hydroxylation sites is 1. The van der Waals surface area contributed by atoms with Gasteiger partial charge in [-0.25, -0.2) is 9.59 Å². The maximum Gasteiger partial charge on any atom is 0.414 e. The zero-order valence-electron chi connectivity index (χ0n) is 21.2. The third kappa shape index (κ3) is 6.56. The molecular weight excluding hydrogens is 496 g/mol. The van der Waals surface area contributed by atoms with E-state index in [1.54, 1.807) is 0 Å². The molecule has 0 radical (unpaired) electrons. The van der Waals surface area contributed by atoms with Gasteiger partial charge in [0.15, 0.2) is 5.78 Å². The van der Waals surface area contributed by atoms with Crippen LogP contribution in [0.2, 0.25) is 0 Å². The van der Waals surface area contributed by atoms with E-state index in [1.807, 2.05) is 110 Å². The van der Waals surface area contributed by atoms with Crippen LogP contribution in [0.1, 0.15) is 32.9 Å². The van der Waals surface area contributed by atoms with E-state index >= 15 is 0 Å². The smallest absolute Gasteiger partial charge is 0.414 e. The highest BCUT2D eigenvalue weighted by Gasteiger charge is 2.22. The van der Waals surface area contributed by atoms with Crippen LogP contribution in [-0.2, 0) is 22.4 Å². The molecule has 0 aliphatic heterocycles. The van der Waals surface area contributed by atoms with Crippen molar-refractivity contribution in [3.63, 3.8) is 0 Å². The van der Waals surface area contributed by atoms with Gasteiger partial charge in [-0.2, -0.15) is 0 Å². The maximum absolute atomic E-state index is 13.7. The molecule has 0 unspecified atom stereocenters. The molecule has 39 heavy (non-hydrogen) atoms. The van der Waals surface area contributed by atoms with Gasteiger partial charge in [0.05, 0.1) is 11.1 Å². The summed E-state index contributed by atoms with van der Waals surface area (Å²) in [4.78, 5) is 36.3. The first-order valence-electron chi connectivity index (χ1n) is 12.2. The number of aliphatic carboxylic acids is 2. The van der Waals surface area contributed by atoms with Crippen LogP contribution in [0.5, 0.6) is 11.5 Å². The van der Waals surface area contributed by atoms with Gasteiger partial charge in [-0.15, -0.1) is 0 Å². The van der Waals surface area contributed by atoms with Crippen molar-refractivity contribution in [1.82, 2.24) is 9.38 Å². The van der Waals surface area contributed by atoms with Gasteiger partial charge in [0.1, 0.15) is 11.5 Å². The number of rotatable bonds is 7. The number of hydrogen-bond donors (Lipinski definition) is 2. The molecule has 3 aromatic heterocycles. The molecule has 0 atom stereocenters. The zero-order chi connectivity index (χ0) is 27.8. The summed E-state index contributed by atoms with van der Waals surface area (Å²) in [6.45, 7) is 2.04. The molecule has 8 nitrogen and oxygen atoms in total. The molecular formula is C31H26N2O6. The number of aromatic nitrogens is 2. The Labute approximate surface area is 224 Å². The highest BCUT2D eigenvalue weighted by Crippen LogP contribution is 2.29. The Kier molecular flexibility index (Phi) is 8.48. The fraction of sp³-hybridized carbons (Fsp3) is 0.0968. The number of carboxylic acids is 2. The molecule has 0 spiro atoms. The molecule has 2 aromatic carbocycles. The largest absolute Gasteiger partial charge is 0.473 e. The van der Waals surface area contributed by atoms with Crippen LogP contribution in [0.15, 0.2) is 103 Å². The van der Waals surface area contributed by atoms with Gasteiger partial charge in [-0.3, -0.25) is 9.78 Å². The molecule has 0 bridgehead atoms. The fourth-order valence-electron chi connectivity index (χ4n) is 4.26. The minimum Gasteiger partial charge on any atom is -0.473 e. The number of carbonyl (C=O) groups is 3. The maximum atomic E-state index is 13.7. The van der Waals surface area contributed by atoms with Crippen LogP contribution < -0.4 is 4.74 Å². The first-order chi connectivity index (χ1) is 18.8. The van der Waals surface area contributed by atoms with Gasteiger partial charge < -0.3 is 19.4 Å². The molecule has 0 aliphatic rings. The lowest BCUT2D eigenvalue weighted by Crippen LogP contribution is -2.09. The molecule has 0 saturated carbocycles. The summed E-state index contributed by atoms with van der Waals surface area (Å²) in [5, 5.41) is 14.8. The standard InChI is InChI=1S/C29H24N2O2.C2H2O4/c1-21-26(17-16-23-11-5-7-18-30-23)31-19-8-6-15-27(31)28(21)29(32)22-10-9-14-25(20-22)33-24-12-3-2-4-13-24;3-1(4)2(5)6/h2-15,18-20H,16-17H2,1H3;(H,3,4)(H,5,6). The van der Waals surface area contributed by atoms with Crippen molar-refractivity contribution < 1.29 is 29.3 Å². The van der Waals surface area contributed by atoms with Crippen molar-refractivity contribution in [1.29, 1.82) is 0 Å². The van der Waals surface area contributed by atoms with E-state index in [1.165, 1.54) is 0 Å². The number of aryl methyl sites for hydroxylation is 2. The summed E-state index contributed by atoms with van der Waals surface area (Å²) in [5.41, 5.74) is 5.46. The van der Waals surface area contributed by atoms with Crippen molar-refractivity contribution in [3.8, 4) is 11.5 Å². The fourth-order valence-corrected chi connectivity index (χ4v) is 4.26. The van der Waals surface area contributed by atoms with E-state index in [4.69, 9.17) is 24.5 Å². The van der Waals surface area contributed by atoms with Crippen LogP contribution >= 0.6 is 0 Å². The molecule has 0 amide bonds. The Morgan fingerprint density at radius 1 is 0.795 bits per heavy atom. The van der Waals surface area contributed by atoms with E-state index in [2.05, 4.69) is 9.38 Å². The first-order valence-corrected chi connectivity index (χ1v) is 12.2. The summed E-state index contributed by atoms with van der Waals surface area (Å²) in [5.74, 6) is -2.27. The summed E-state index contributed by atoms with van der Waals surface area (Å²) < 4.78 is 8.09. The minimum atomic E-state index is -1.82. The van der Waals surface area contributed by atoms with E-state index in [9.17, 15) is 4.79 Å². The van der Waals surface area contributed by atoms with Crippen molar-refractivity contribution in [3.05, 3.63) is 131 Å². The molecule has 0 aliphatic carbocycles. The number of fused-ring (bicyclic) bond motifs is 1. The average molecular weight is 523 g/mol. The highest BCUT2D eigenvalue weighted by molar-refractivity contribution is 6.27. The van der Waals surface area contributed by atoms with Crippen molar-refractivity contribution >= 4 is 23.2 Å². The molecule has 5 aromatic rings. The number of nitrogens with zero attached hydrogens (tertiary/aromatic N) is 2. The van der Waals surface area contributed by atoms with Gasteiger partial charge in [0.2, 0.25) is 0 Å². The van der Waals surface area contributed by atoms with Gasteiger partial charge in [0.25, 0.3) is 0 Å². The van der Waals surface area contributed by atoms with Gasteiger partial charge in [0, 0.05) is 29.3 Å². The molecule has 3 heterocycles. The summed E-state index contributed by atoms with van der Waals surface area (Å²) >= 11 is 0. The molecule has 2 N–H and O–H groups in total. The highest BCUT2D eigenvalue weighted by atomic mass is 16.5. The van der Waals surface area contributed by atoms with Crippen LogP contribution in [0, 0.1) is 6.92 Å². The number of pyridine rings is 2. The van der Waals surface area contributed by atoms with E-state index in [-0.39, 0.29) is 5.78 Å². The van der Waals surface area contributed by atoms with Crippen LogP contribution in [0.25, 0.3) is 5.52 Å². The predicted octanol–water partition coefficient (Wildman–Crippen LogP) is 5.61. The molecule has 8 heteroatoms. The Bertz CT molecular complexity index is 1600. The number of ketones is 1. The van der Waals surface area contributed by atoms with E-state index in [0.717, 1.165) is 46.6 Å². The Balaban J connectivity index is 0.000000531. The predicted molar refractivity (Wildman–Crippen MR) is 145 cm³/mol. The Hall–Kier alpha value is -5.24. The third-order valence-electron chi connectivity index (χ3n) is 6.04. The quantitative estimate of drug-likeness (QED) is 0.211. The normalized spacial score (nSPS) is 10.4. The lowest BCUT2D eigenvalue weighted by molar-refractivity contribution is -0.159. The van der Waals surface area contributed by atoms with Gasteiger partial charge >= 0.3 is 11.9 Å². The summed E-state index contributed by atoms with van der Waals surface area (Å²) in [6.07, 6.45) is 5.47. The summed E-state index contributed by atoms with van der Waals surface area (Å²) in [7, 11) is 0. The van der Waals surface area contributed by atoms with Crippen LogP contribution in [0.3, 0.4) is 0 Å². The van der Waals surface area contributed by atoms with E-state index < -0.39 is 11.9 Å². The second kappa shape index (κ2) is 12.3. The van der Waals surface area contributed by atoms with Crippen molar-refractivity contribution in [2.45, 2.75) is 19.8 Å². The van der Waals surface area contributed by atoms with Crippen molar-refractivity contribution in [2.24, 2.45) is 0 Å². The lowest BCUT2D eigenvalue weighted by atomic mass is 9.99. The zero-order valence-corrected chi connectivity index (χ0v) is 21.2. The molecule has 0 saturated heterocycles. The minimum absolute atomic E-state index is 0.00111. The Morgan fingerprint density at radius 3 is 2.18 bits per heavy atom. The van der Waals surface area contributed by atoms with Gasteiger partial charge in [-0.1, -0.05) is 42.5 Å². The Morgan fingerprint density at radius 2 is 1.49 bits per heavy atom. The lowest BCUT2D eigenvalue weighted by Gasteiger charge is -2.08. The van der Waals surface area contributed by atoms with Crippen molar-refractivity contribution in [2.75, 3.05) is 0 Å². The second-order valence-electron chi connectivity index (χ2n) is 8.61. The SMILES string of the molecule is Cc1c(C(=O)c2cccc(Oc3ccccc3)c2)c2ccccn2c1CCc1ccccn1.O=C(O)C(=O)O. The molecule has 0 fully saturated rings. The number of hydrogen-bond acceptors (Lipinski definition) is 5. The molecule has 5 rings (SSSR count). The molecule has 196 valence electrons. The van der Waals surface area contributed by atoms with E-state index in [0.29, 0.717) is 11.3 Å². The summed E-state index contributed by atoms with van der Waals surface area (Å²) in [6, 6.07) is 28.9. The second-order valence-corrected chi connectivity index (χ2v) is 8.61.